The van der Waals surface area contributed by atoms with E-state index in [4.69, 9.17) is 10.00 Å². The fraction of sp³-hybridized carbons (Fsp3) is 0.421. The third-order valence-electron chi connectivity index (χ3n) is 4.49. The zero-order valence-electron chi connectivity index (χ0n) is 14.6. The van der Waals surface area contributed by atoms with E-state index in [0.717, 1.165) is 38.1 Å². The van der Waals surface area contributed by atoms with Crippen molar-refractivity contribution in [2.24, 2.45) is 0 Å². The molecule has 1 aromatic heterocycles. The summed E-state index contributed by atoms with van der Waals surface area (Å²) in [5.41, 5.74) is 0.446. The van der Waals surface area contributed by atoms with E-state index in [9.17, 15) is 10.1 Å². The first-order valence-electron chi connectivity index (χ1n) is 8.66. The highest BCUT2D eigenvalue weighted by Crippen LogP contribution is 2.23. The minimum absolute atomic E-state index is 0.366. The molecule has 0 amide bonds. The fourth-order valence-electron chi connectivity index (χ4n) is 3.11. The van der Waals surface area contributed by atoms with Crippen molar-refractivity contribution in [2.75, 3.05) is 0 Å². The molecule has 3 rings (SSSR count). The molecule has 0 fully saturated rings. The second-order valence-electron chi connectivity index (χ2n) is 6.30. The number of hydrogen-bond donors (Lipinski definition) is 0. The van der Waals surface area contributed by atoms with Gasteiger partial charge in [-0.3, -0.25) is 4.79 Å². The Kier molecular flexibility index (Phi) is 5.28. The molecular formula is C19H19N5O2. The van der Waals surface area contributed by atoms with Crippen LogP contribution in [-0.4, -0.2) is 26.7 Å². The van der Waals surface area contributed by atoms with Gasteiger partial charge < -0.3 is 9.30 Å². The predicted octanol–water partition coefficient (Wildman–Crippen LogP) is 2.52. The molecule has 2 heterocycles. The molecule has 7 nitrogen and oxygen atoms in total. The second-order valence-corrected chi connectivity index (χ2v) is 6.30. The Morgan fingerprint density at radius 1 is 1.27 bits per heavy atom. The first kappa shape index (κ1) is 17.6. The molecule has 1 aliphatic heterocycles. The van der Waals surface area contributed by atoms with Crippen molar-refractivity contribution in [3.63, 3.8) is 0 Å². The van der Waals surface area contributed by atoms with Crippen LogP contribution in [0.4, 0.5) is 0 Å². The van der Waals surface area contributed by atoms with Crippen molar-refractivity contribution in [3.8, 4) is 17.9 Å². The lowest BCUT2D eigenvalue weighted by Crippen LogP contribution is -2.30. The SMILES string of the molecule is C[C@H](Oc1cccc(C#N)c1)C(=O)[C@H](C#N)c1nnc2n1CCCCC2. The summed E-state index contributed by atoms with van der Waals surface area (Å²) in [5, 5.41) is 26.8. The molecule has 0 aliphatic carbocycles. The van der Waals surface area contributed by atoms with Crippen LogP contribution >= 0.6 is 0 Å². The maximum Gasteiger partial charge on any atom is 0.197 e. The number of nitrogens with zero attached hydrogens (tertiary/aromatic N) is 5. The summed E-state index contributed by atoms with van der Waals surface area (Å²) in [6, 6.07) is 10.7. The normalized spacial score (nSPS) is 15.7. The zero-order valence-corrected chi connectivity index (χ0v) is 14.6. The number of rotatable bonds is 5. The number of carbonyl (C=O) groups excluding carboxylic acids is 1. The van der Waals surface area contributed by atoms with Crippen LogP contribution in [0.5, 0.6) is 5.75 Å². The van der Waals surface area contributed by atoms with E-state index < -0.39 is 12.0 Å². The first-order chi connectivity index (χ1) is 12.6. The standard InChI is InChI=1S/C19H19N5O2/c1-13(26-15-7-5-6-14(10-15)11-20)18(25)16(12-21)19-23-22-17-8-3-2-4-9-24(17)19/h5-7,10,13,16H,2-4,8-9H2,1H3/t13-,16-/m0/s1. The molecule has 0 saturated carbocycles. The van der Waals surface area contributed by atoms with Gasteiger partial charge in [0, 0.05) is 13.0 Å². The Labute approximate surface area is 151 Å². The van der Waals surface area contributed by atoms with E-state index in [1.54, 1.807) is 31.2 Å². The fourth-order valence-corrected chi connectivity index (χ4v) is 3.11. The van der Waals surface area contributed by atoms with Gasteiger partial charge in [0.25, 0.3) is 0 Å². The van der Waals surface area contributed by atoms with E-state index in [2.05, 4.69) is 16.3 Å². The number of aromatic nitrogens is 3. The third kappa shape index (κ3) is 3.57. The minimum atomic E-state index is -1.02. The van der Waals surface area contributed by atoms with E-state index in [0.29, 0.717) is 17.1 Å². The van der Waals surface area contributed by atoms with E-state index >= 15 is 0 Å². The molecule has 1 aliphatic rings. The van der Waals surface area contributed by atoms with Crippen molar-refractivity contribution in [3.05, 3.63) is 41.5 Å². The maximum absolute atomic E-state index is 12.8. The van der Waals surface area contributed by atoms with Crippen LogP contribution < -0.4 is 4.74 Å². The molecule has 7 heteroatoms. The zero-order chi connectivity index (χ0) is 18.5. The Morgan fingerprint density at radius 2 is 2.12 bits per heavy atom. The first-order valence-corrected chi connectivity index (χ1v) is 8.66. The van der Waals surface area contributed by atoms with Gasteiger partial charge in [0.2, 0.25) is 0 Å². The molecule has 0 saturated heterocycles. The molecule has 132 valence electrons. The Balaban J connectivity index is 1.80. The molecule has 0 bridgehead atoms. The Morgan fingerprint density at radius 3 is 2.88 bits per heavy atom. The van der Waals surface area contributed by atoms with E-state index in [1.165, 1.54) is 0 Å². The minimum Gasteiger partial charge on any atom is -0.483 e. The van der Waals surface area contributed by atoms with Crippen molar-refractivity contribution < 1.29 is 9.53 Å². The molecule has 0 spiro atoms. The van der Waals surface area contributed by atoms with Gasteiger partial charge in [0.05, 0.1) is 17.7 Å². The molecule has 2 atom stereocenters. The van der Waals surface area contributed by atoms with Crippen LogP contribution in [0.3, 0.4) is 0 Å². The highest BCUT2D eigenvalue weighted by Gasteiger charge is 2.32. The van der Waals surface area contributed by atoms with Crippen LogP contribution in [0.25, 0.3) is 0 Å². The lowest BCUT2D eigenvalue weighted by atomic mass is 10.0. The van der Waals surface area contributed by atoms with Crippen LogP contribution in [-0.2, 0) is 17.8 Å². The van der Waals surface area contributed by atoms with Crippen molar-refractivity contribution in [1.29, 1.82) is 10.5 Å². The number of ketones is 1. The average molecular weight is 349 g/mol. The molecule has 26 heavy (non-hydrogen) atoms. The number of hydrogen-bond acceptors (Lipinski definition) is 6. The third-order valence-corrected chi connectivity index (χ3v) is 4.49. The van der Waals surface area contributed by atoms with Crippen LogP contribution in [0.2, 0.25) is 0 Å². The van der Waals surface area contributed by atoms with Gasteiger partial charge in [0.1, 0.15) is 11.6 Å². The van der Waals surface area contributed by atoms with Gasteiger partial charge in [-0.15, -0.1) is 10.2 Å². The van der Waals surface area contributed by atoms with Gasteiger partial charge in [-0.05, 0) is 38.0 Å². The number of fused-ring (bicyclic) bond motifs is 1. The Bertz CT molecular complexity index is 890. The summed E-state index contributed by atoms with van der Waals surface area (Å²) in [7, 11) is 0. The summed E-state index contributed by atoms with van der Waals surface area (Å²) in [5.74, 6) is 0.260. The summed E-state index contributed by atoms with van der Waals surface area (Å²) >= 11 is 0. The van der Waals surface area contributed by atoms with Crippen LogP contribution in [0.1, 0.15) is 49.3 Å². The largest absolute Gasteiger partial charge is 0.483 e. The van der Waals surface area contributed by atoms with Gasteiger partial charge in [-0.2, -0.15) is 10.5 Å². The van der Waals surface area contributed by atoms with Crippen molar-refractivity contribution in [1.82, 2.24) is 14.8 Å². The highest BCUT2D eigenvalue weighted by atomic mass is 16.5. The van der Waals surface area contributed by atoms with Crippen LogP contribution in [0, 0.1) is 22.7 Å². The number of Topliss-reactive ketones (excluding diaryl/α,β-unsaturated/α-hetero) is 1. The van der Waals surface area contributed by atoms with Gasteiger partial charge in [-0.25, -0.2) is 0 Å². The number of nitriles is 2. The Hall–Kier alpha value is -3.19. The lowest BCUT2D eigenvalue weighted by molar-refractivity contribution is -0.125. The molecule has 0 unspecified atom stereocenters. The number of carbonyl (C=O) groups is 1. The van der Waals surface area contributed by atoms with Crippen molar-refractivity contribution >= 4 is 5.78 Å². The van der Waals surface area contributed by atoms with Crippen molar-refractivity contribution in [2.45, 2.75) is 51.2 Å². The highest BCUT2D eigenvalue weighted by molar-refractivity contribution is 5.91. The summed E-state index contributed by atoms with van der Waals surface area (Å²) < 4.78 is 7.56. The van der Waals surface area contributed by atoms with E-state index in [-0.39, 0.29) is 5.78 Å². The van der Waals surface area contributed by atoms with Gasteiger partial charge in [-0.1, -0.05) is 12.5 Å². The second kappa shape index (κ2) is 7.79. The number of aryl methyl sites for hydroxylation is 1. The molecule has 2 aromatic rings. The number of ether oxygens (including phenoxy) is 1. The lowest BCUT2D eigenvalue weighted by Gasteiger charge is -2.17. The molecule has 0 N–H and O–H groups in total. The predicted molar refractivity (Wildman–Crippen MR) is 92.2 cm³/mol. The maximum atomic E-state index is 12.8. The van der Waals surface area contributed by atoms with Crippen LogP contribution in [0.15, 0.2) is 24.3 Å². The smallest absolute Gasteiger partial charge is 0.197 e. The molecular weight excluding hydrogens is 330 g/mol. The molecule has 0 radical (unpaired) electrons. The summed E-state index contributed by atoms with van der Waals surface area (Å²) in [6.07, 6.45) is 3.09. The monoisotopic (exact) mass is 349 g/mol. The average Bonchev–Trinajstić information content (AvgIpc) is 2.90. The van der Waals surface area contributed by atoms with Gasteiger partial charge >= 0.3 is 0 Å². The summed E-state index contributed by atoms with van der Waals surface area (Å²) in [6.45, 7) is 2.33. The van der Waals surface area contributed by atoms with E-state index in [1.807, 2.05) is 10.6 Å². The van der Waals surface area contributed by atoms with Gasteiger partial charge in [0.15, 0.2) is 23.6 Å². The molecule has 1 aromatic carbocycles. The quantitative estimate of drug-likeness (QED) is 0.821. The number of benzene rings is 1. The summed E-state index contributed by atoms with van der Waals surface area (Å²) in [4.78, 5) is 12.8. The topological polar surface area (TPSA) is 105 Å².